The lowest BCUT2D eigenvalue weighted by Crippen LogP contribution is -2.36. The summed E-state index contributed by atoms with van der Waals surface area (Å²) in [5, 5.41) is 9.56. The maximum atomic E-state index is 11.7. The van der Waals surface area contributed by atoms with E-state index in [1.807, 2.05) is 4.72 Å². The first-order chi connectivity index (χ1) is 8.24. The molecule has 1 unspecified atom stereocenters. The van der Waals surface area contributed by atoms with Crippen molar-refractivity contribution in [3.05, 3.63) is 34.4 Å². The second-order valence-corrected chi connectivity index (χ2v) is 5.48. The zero-order valence-corrected chi connectivity index (χ0v) is 10.7. The Balaban J connectivity index is 2.99. The first-order valence-corrected chi connectivity index (χ1v) is 6.56. The van der Waals surface area contributed by atoms with E-state index in [4.69, 9.17) is 11.6 Å². The highest BCUT2D eigenvalue weighted by molar-refractivity contribution is 7.89. The van der Waals surface area contributed by atoms with Crippen molar-refractivity contribution in [2.75, 3.05) is 0 Å². The summed E-state index contributed by atoms with van der Waals surface area (Å²) in [6, 6.07) is 3.19. The van der Waals surface area contributed by atoms with Crippen molar-refractivity contribution < 1.29 is 18.1 Å². The maximum Gasteiger partial charge on any atom is 0.269 e. The number of hydrogen-bond donors (Lipinski definition) is 1. The number of nitro benzene ring substituents is 1. The van der Waals surface area contributed by atoms with Crippen LogP contribution in [0.4, 0.5) is 5.69 Å². The number of carbonyl (C=O) groups excluding carboxylic acids is 1. The van der Waals surface area contributed by atoms with Crippen LogP contribution in [0.15, 0.2) is 29.2 Å². The van der Waals surface area contributed by atoms with Crippen LogP contribution in [0, 0.1) is 10.1 Å². The van der Waals surface area contributed by atoms with Crippen molar-refractivity contribution >= 4 is 32.6 Å². The summed E-state index contributed by atoms with van der Waals surface area (Å²) in [4.78, 5) is 20.3. The zero-order chi connectivity index (χ0) is 13.9. The van der Waals surface area contributed by atoms with Crippen molar-refractivity contribution in [2.45, 2.75) is 17.9 Å². The molecule has 0 aromatic heterocycles. The summed E-state index contributed by atoms with van der Waals surface area (Å²) in [5.41, 5.74) is -0.226. The average molecular weight is 293 g/mol. The summed E-state index contributed by atoms with van der Waals surface area (Å²) in [5.74, 6) is 0. The number of nitrogens with one attached hydrogen (secondary N) is 1. The third-order valence-corrected chi connectivity index (χ3v) is 3.91. The van der Waals surface area contributed by atoms with E-state index < -0.39 is 26.2 Å². The van der Waals surface area contributed by atoms with Gasteiger partial charge in [-0.25, -0.2) is 8.42 Å². The Morgan fingerprint density at radius 1 is 1.39 bits per heavy atom. The highest BCUT2D eigenvalue weighted by Crippen LogP contribution is 2.16. The molecule has 18 heavy (non-hydrogen) atoms. The highest BCUT2D eigenvalue weighted by Gasteiger charge is 2.21. The topological polar surface area (TPSA) is 106 Å². The van der Waals surface area contributed by atoms with Crippen molar-refractivity contribution in [3.63, 3.8) is 0 Å². The lowest BCUT2D eigenvalue weighted by molar-refractivity contribution is -0.384. The van der Waals surface area contributed by atoms with Gasteiger partial charge in [0.15, 0.2) is 0 Å². The van der Waals surface area contributed by atoms with Crippen LogP contribution in [-0.4, -0.2) is 24.6 Å². The van der Waals surface area contributed by atoms with Crippen LogP contribution in [-0.2, 0) is 14.8 Å². The minimum absolute atomic E-state index is 0.183. The molecule has 0 aliphatic heterocycles. The Morgan fingerprint density at radius 3 is 2.28 bits per heavy atom. The first-order valence-electron chi connectivity index (χ1n) is 4.70. The SMILES string of the molecule is CC(NS(=O)(=O)c1ccc([N+](=O)[O-])cc1)C(=O)Cl. The third kappa shape index (κ3) is 3.49. The largest absolute Gasteiger partial charge is 0.279 e. The van der Waals surface area contributed by atoms with Gasteiger partial charge in [0.05, 0.1) is 15.9 Å². The lowest BCUT2D eigenvalue weighted by Gasteiger charge is -2.09. The predicted octanol–water partition coefficient (Wildman–Crippen LogP) is 1.03. The Hall–Kier alpha value is -1.51. The number of hydrogen-bond acceptors (Lipinski definition) is 5. The molecule has 0 amide bonds. The summed E-state index contributed by atoms with van der Waals surface area (Å²) < 4.78 is 25.5. The molecule has 0 heterocycles. The first kappa shape index (κ1) is 14.6. The van der Waals surface area contributed by atoms with Crippen LogP contribution in [0.1, 0.15) is 6.92 Å². The molecular formula is C9H9ClN2O5S. The predicted molar refractivity (Wildman–Crippen MR) is 63.7 cm³/mol. The molecule has 0 radical (unpaired) electrons. The van der Waals surface area contributed by atoms with Gasteiger partial charge in [-0.2, -0.15) is 4.72 Å². The van der Waals surface area contributed by atoms with Crippen molar-refractivity contribution in [1.82, 2.24) is 4.72 Å². The molecule has 98 valence electrons. The van der Waals surface area contributed by atoms with Gasteiger partial charge in [-0.1, -0.05) is 0 Å². The van der Waals surface area contributed by atoms with Gasteiger partial charge in [-0.3, -0.25) is 14.9 Å². The number of carbonyl (C=O) groups is 1. The Kier molecular flexibility index (Phi) is 4.38. The number of sulfonamides is 1. The number of rotatable bonds is 5. The van der Waals surface area contributed by atoms with Crippen molar-refractivity contribution in [2.24, 2.45) is 0 Å². The van der Waals surface area contributed by atoms with Gasteiger partial charge in [0.25, 0.3) is 5.69 Å². The van der Waals surface area contributed by atoms with Gasteiger partial charge < -0.3 is 0 Å². The molecule has 0 bridgehead atoms. The fourth-order valence-electron chi connectivity index (χ4n) is 1.09. The molecule has 9 heteroatoms. The van der Waals surface area contributed by atoms with Crippen LogP contribution < -0.4 is 4.72 Å². The van der Waals surface area contributed by atoms with Crippen LogP contribution in [0.2, 0.25) is 0 Å². The molecule has 0 spiro atoms. The van der Waals surface area contributed by atoms with Gasteiger partial charge in [-0.15, -0.1) is 0 Å². The fourth-order valence-corrected chi connectivity index (χ4v) is 2.42. The molecular weight excluding hydrogens is 284 g/mol. The minimum Gasteiger partial charge on any atom is -0.279 e. The number of nitro groups is 1. The summed E-state index contributed by atoms with van der Waals surface area (Å²) in [6.45, 7) is 1.29. The maximum absolute atomic E-state index is 11.7. The summed E-state index contributed by atoms with van der Waals surface area (Å²) in [6.07, 6.45) is 0. The van der Waals surface area contributed by atoms with E-state index in [0.717, 1.165) is 24.3 Å². The van der Waals surface area contributed by atoms with E-state index in [-0.39, 0.29) is 10.6 Å². The standard InChI is InChI=1S/C9H9ClN2O5S/c1-6(9(10)13)11-18(16,17)8-4-2-7(3-5-8)12(14)15/h2-6,11H,1H3. The Labute approximate surface area is 108 Å². The normalized spacial score (nSPS) is 13.0. The minimum atomic E-state index is -3.92. The van der Waals surface area contributed by atoms with E-state index in [1.54, 1.807) is 0 Å². The monoisotopic (exact) mass is 292 g/mol. The molecule has 0 fully saturated rings. The molecule has 1 aromatic rings. The van der Waals surface area contributed by atoms with Gasteiger partial charge in [0.2, 0.25) is 15.3 Å². The zero-order valence-electron chi connectivity index (χ0n) is 9.16. The molecule has 0 aliphatic rings. The summed E-state index contributed by atoms with van der Waals surface area (Å²) in [7, 11) is -3.92. The molecule has 1 rings (SSSR count). The summed E-state index contributed by atoms with van der Waals surface area (Å²) >= 11 is 5.13. The second kappa shape index (κ2) is 5.42. The quantitative estimate of drug-likeness (QED) is 0.495. The third-order valence-electron chi connectivity index (χ3n) is 2.03. The van der Waals surface area contributed by atoms with E-state index >= 15 is 0 Å². The van der Waals surface area contributed by atoms with Crippen LogP contribution in [0.5, 0.6) is 0 Å². The number of nitrogens with zero attached hydrogens (tertiary/aromatic N) is 1. The van der Waals surface area contributed by atoms with Crippen molar-refractivity contribution in [1.29, 1.82) is 0 Å². The average Bonchev–Trinajstić information content (AvgIpc) is 2.28. The van der Waals surface area contributed by atoms with E-state index in [1.165, 1.54) is 6.92 Å². The molecule has 7 nitrogen and oxygen atoms in total. The molecule has 0 saturated carbocycles. The molecule has 1 N–H and O–H groups in total. The molecule has 1 aromatic carbocycles. The highest BCUT2D eigenvalue weighted by atomic mass is 35.5. The lowest BCUT2D eigenvalue weighted by atomic mass is 10.3. The van der Waals surface area contributed by atoms with Crippen molar-refractivity contribution in [3.8, 4) is 0 Å². The smallest absolute Gasteiger partial charge is 0.269 e. The molecule has 0 saturated heterocycles. The van der Waals surface area contributed by atoms with E-state index in [2.05, 4.69) is 0 Å². The van der Waals surface area contributed by atoms with E-state index in [0.29, 0.717) is 0 Å². The van der Waals surface area contributed by atoms with E-state index in [9.17, 15) is 23.3 Å². The van der Waals surface area contributed by atoms with Gasteiger partial charge >= 0.3 is 0 Å². The Bertz CT molecular complexity index is 569. The van der Waals surface area contributed by atoms with Crippen LogP contribution >= 0.6 is 11.6 Å². The number of non-ortho nitro benzene ring substituents is 1. The molecule has 0 aliphatic carbocycles. The number of benzene rings is 1. The van der Waals surface area contributed by atoms with Gasteiger partial charge in [0.1, 0.15) is 0 Å². The van der Waals surface area contributed by atoms with Gasteiger partial charge in [-0.05, 0) is 30.7 Å². The van der Waals surface area contributed by atoms with Crippen LogP contribution in [0.25, 0.3) is 0 Å². The second-order valence-electron chi connectivity index (χ2n) is 3.40. The molecule has 1 atom stereocenters. The van der Waals surface area contributed by atoms with Gasteiger partial charge in [0, 0.05) is 12.1 Å². The van der Waals surface area contributed by atoms with Crippen LogP contribution in [0.3, 0.4) is 0 Å². The fraction of sp³-hybridized carbons (Fsp3) is 0.222. The number of halogens is 1. The Morgan fingerprint density at radius 2 is 1.89 bits per heavy atom.